The Hall–Kier alpha value is -0.780. The van der Waals surface area contributed by atoms with Crippen LogP contribution < -0.4 is 10.1 Å². The summed E-state index contributed by atoms with van der Waals surface area (Å²) in [6.07, 6.45) is 1.58. The molecule has 3 nitrogen and oxygen atoms in total. The second-order valence-electron chi connectivity index (χ2n) is 4.42. The summed E-state index contributed by atoms with van der Waals surface area (Å²) in [5, 5.41) is 2.95. The molecule has 0 saturated heterocycles. The third-order valence-corrected chi connectivity index (χ3v) is 3.26. The highest BCUT2D eigenvalue weighted by Gasteiger charge is 2.16. The molecule has 1 amide bonds. The number of carbonyl (C=O) groups is 1. The quantitative estimate of drug-likeness (QED) is 0.790. The summed E-state index contributed by atoms with van der Waals surface area (Å²) in [6.45, 7) is 5.89. The second kappa shape index (κ2) is 7.61. The lowest BCUT2D eigenvalue weighted by molar-refractivity contribution is -0.127. The second-order valence-corrected chi connectivity index (χ2v) is 5.66. The van der Waals surface area contributed by atoms with E-state index in [-0.39, 0.29) is 11.9 Å². The number of hydrogen-bond donors (Lipinski definition) is 1. The third kappa shape index (κ3) is 5.25. The van der Waals surface area contributed by atoms with Gasteiger partial charge >= 0.3 is 0 Å². The Morgan fingerprint density at radius 3 is 2.78 bits per heavy atom. The van der Waals surface area contributed by atoms with Gasteiger partial charge in [0.05, 0.1) is 0 Å². The van der Waals surface area contributed by atoms with Crippen LogP contribution in [0.4, 0.5) is 0 Å². The maximum absolute atomic E-state index is 11.9. The molecule has 0 bridgehead atoms. The monoisotopic (exact) mass is 361 g/mol. The molecule has 100 valence electrons. The van der Waals surface area contributed by atoms with Crippen LogP contribution >= 0.6 is 22.6 Å². The lowest BCUT2D eigenvalue weighted by atomic mass is 10.2. The number of amides is 1. The number of halogens is 1. The molecular weight excluding hydrogens is 341 g/mol. The highest BCUT2D eigenvalue weighted by molar-refractivity contribution is 14.1. The van der Waals surface area contributed by atoms with Crippen molar-refractivity contribution in [1.29, 1.82) is 0 Å². The van der Waals surface area contributed by atoms with Crippen molar-refractivity contribution in [3.63, 3.8) is 0 Å². The first-order valence-corrected chi connectivity index (χ1v) is 7.33. The summed E-state index contributed by atoms with van der Waals surface area (Å²) in [5.74, 6) is 0.669. The van der Waals surface area contributed by atoms with E-state index in [2.05, 4.69) is 34.8 Å². The van der Waals surface area contributed by atoms with Gasteiger partial charge in [0.1, 0.15) is 5.75 Å². The summed E-state index contributed by atoms with van der Waals surface area (Å²) in [7, 11) is 0. The fourth-order valence-corrected chi connectivity index (χ4v) is 2.18. The normalized spacial score (nSPS) is 13.8. The van der Waals surface area contributed by atoms with E-state index in [1.54, 1.807) is 6.92 Å². The molecule has 0 aliphatic heterocycles. The highest BCUT2D eigenvalue weighted by Crippen LogP contribution is 2.16. The molecule has 0 fully saturated rings. The first kappa shape index (κ1) is 15.3. The molecule has 1 aromatic rings. The van der Waals surface area contributed by atoms with Crippen LogP contribution in [0, 0.1) is 3.57 Å². The van der Waals surface area contributed by atoms with Crippen LogP contribution in [-0.2, 0) is 4.79 Å². The molecule has 0 spiro atoms. The minimum atomic E-state index is -0.470. The van der Waals surface area contributed by atoms with Gasteiger partial charge in [0.25, 0.3) is 5.91 Å². The predicted molar refractivity (Wildman–Crippen MR) is 81.8 cm³/mol. The molecule has 0 radical (unpaired) electrons. The first-order valence-electron chi connectivity index (χ1n) is 6.25. The van der Waals surface area contributed by atoms with E-state index in [0.717, 1.165) is 22.2 Å². The molecule has 2 unspecified atom stereocenters. The van der Waals surface area contributed by atoms with E-state index in [9.17, 15) is 4.79 Å². The highest BCUT2D eigenvalue weighted by atomic mass is 127. The van der Waals surface area contributed by atoms with Crippen LogP contribution in [-0.4, -0.2) is 18.1 Å². The fourth-order valence-electron chi connectivity index (χ4n) is 1.66. The fraction of sp³-hybridized carbons (Fsp3) is 0.500. The largest absolute Gasteiger partial charge is 0.481 e. The van der Waals surface area contributed by atoms with E-state index >= 15 is 0 Å². The zero-order valence-corrected chi connectivity index (χ0v) is 13.2. The average Bonchev–Trinajstić information content (AvgIpc) is 2.29. The van der Waals surface area contributed by atoms with Crippen LogP contribution in [0.25, 0.3) is 0 Å². The van der Waals surface area contributed by atoms with Gasteiger partial charge in [-0.3, -0.25) is 4.79 Å². The van der Waals surface area contributed by atoms with Crippen molar-refractivity contribution in [2.45, 2.75) is 45.8 Å². The summed E-state index contributed by atoms with van der Waals surface area (Å²) in [5.41, 5.74) is 0. The number of nitrogens with one attached hydrogen (secondary N) is 1. The van der Waals surface area contributed by atoms with Gasteiger partial charge in [0, 0.05) is 9.61 Å². The maximum Gasteiger partial charge on any atom is 0.260 e. The number of ether oxygens (including phenoxy) is 1. The molecule has 0 saturated carbocycles. The van der Waals surface area contributed by atoms with Crippen molar-refractivity contribution in [3.8, 4) is 5.75 Å². The SMILES string of the molecule is CCCC(C)NC(=O)C(C)Oc1cccc(I)c1. The van der Waals surface area contributed by atoms with Crippen molar-refractivity contribution >= 4 is 28.5 Å². The molecule has 0 heterocycles. The van der Waals surface area contributed by atoms with Crippen molar-refractivity contribution in [2.24, 2.45) is 0 Å². The zero-order valence-electron chi connectivity index (χ0n) is 11.1. The van der Waals surface area contributed by atoms with Gasteiger partial charge in [-0.2, -0.15) is 0 Å². The summed E-state index contributed by atoms with van der Waals surface area (Å²) in [4.78, 5) is 11.9. The Labute approximate surface area is 122 Å². The maximum atomic E-state index is 11.9. The predicted octanol–water partition coefficient (Wildman–Crippen LogP) is 3.36. The molecule has 2 atom stereocenters. The van der Waals surface area contributed by atoms with E-state index < -0.39 is 6.10 Å². The standard InChI is InChI=1S/C14H20INO2/c1-4-6-10(2)16-14(17)11(3)18-13-8-5-7-12(15)9-13/h5,7-11H,4,6H2,1-3H3,(H,16,17). The molecule has 1 aromatic carbocycles. The average molecular weight is 361 g/mol. The minimum absolute atomic E-state index is 0.0604. The molecule has 1 rings (SSSR count). The van der Waals surface area contributed by atoms with Gasteiger partial charge in [0.2, 0.25) is 0 Å². The van der Waals surface area contributed by atoms with E-state index in [1.807, 2.05) is 31.2 Å². The smallest absolute Gasteiger partial charge is 0.260 e. The minimum Gasteiger partial charge on any atom is -0.481 e. The Morgan fingerprint density at radius 2 is 2.17 bits per heavy atom. The molecule has 0 aromatic heterocycles. The van der Waals surface area contributed by atoms with Crippen molar-refractivity contribution in [1.82, 2.24) is 5.32 Å². The van der Waals surface area contributed by atoms with E-state index in [0.29, 0.717) is 0 Å². The van der Waals surface area contributed by atoms with Gasteiger partial charge in [-0.1, -0.05) is 19.4 Å². The van der Waals surface area contributed by atoms with Crippen LogP contribution in [0.15, 0.2) is 24.3 Å². The van der Waals surface area contributed by atoms with Crippen molar-refractivity contribution < 1.29 is 9.53 Å². The number of benzene rings is 1. The Morgan fingerprint density at radius 1 is 1.44 bits per heavy atom. The topological polar surface area (TPSA) is 38.3 Å². The first-order chi connectivity index (χ1) is 8.52. The zero-order chi connectivity index (χ0) is 13.5. The number of hydrogen-bond acceptors (Lipinski definition) is 2. The van der Waals surface area contributed by atoms with Crippen LogP contribution in [0.3, 0.4) is 0 Å². The number of carbonyl (C=O) groups excluding carboxylic acids is 1. The molecule has 0 aliphatic carbocycles. The van der Waals surface area contributed by atoms with Gasteiger partial charge < -0.3 is 10.1 Å². The molecule has 1 N–H and O–H groups in total. The Kier molecular flexibility index (Phi) is 6.46. The van der Waals surface area contributed by atoms with Gasteiger partial charge in [-0.15, -0.1) is 0 Å². The van der Waals surface area contributed by atoms with Gasteiger partial charge in [0.15, 0.2) is 6.10 Å². The molecule has 18 heavy (non-hydrogen) atoms. The lowest BCUT2D eigenvalue weighted by Gasteiger charge is -2.18. The van der Waals surface area contributed by atoms with Crippen molar-refractivity contribution in [2.75, 3.05) is 0 Å². The number of rotatable bonds is 6. The van der Waals surface area contributed by atoms with E-state index in [1.165, 1.54) is 0 Å². The van der Waals surface area contributed by atoms with E-state index in [4.69, 9.17) is 4.74 Å². The Bertz CT molecular complexity index is 395. The molecular formula is C14H20INO2. The lowest BCUT2D eigenvalue weighted by Crippen LogP contribution is -2.41. The van der Waals surface area contributed by atoms with Crippen LogP contribution in [0.2, 0.25) is 0 Å². The van der Waals surface area contributed by atoms with Crippen LogP contribution in [0.1, 0.15) is 33.6 Å². The van der Waals surface area contributed by atoms with Gasteiger partial charge in [-0.05, 0) is 61.1 Å². The molecule has 4 heteroatoms. The Balaban J connectivity index is 2.49. The summed E-state index contributed by atoms with van der Waals surface area (Å²) < 4.78 is 6.71. The summed E-state index contributed by atoms with van der Waals surface area (Å²) in [6, 6.07) is 7.88. The van der Waals surface area contributed by atoms with Crippen molar-refractivity contribution in [3.05, 3.63) is 27.8 Å². The van der Waals surface area contributed by atoms with Gasteiger partial charge in [-0.25, -0.2) is 0 Å². The van der Waals surface area contributed by atoms with Crippen LogP contribution in [0.5, 0.6) is 5.75 Å². The molecule has 0 aliphatic rings. The third-order valence-electron chi connectivity index (χ3n) is 2.59. The summed E-state index contributed by atoms with van der Waals surface area (Å²) >= 11 is 2.22.